The number of fused-ring (bicyclic) bond motifs is 5. The van der Waals surface area contributed by atoms with E-state index in [0.717, 1.165) is 58.3 Å². The summed E-state index contributed by atoms with van der Waals surface area (Å²) < 4.78 is 21.7. The number of nitrogens with two attached hydrogens (primary N) is 1. The van der Waals surface area contributed by atoms with Crippen LogP contribution >= 0.6 is 11.3 Å². The summed E-state index contributed by atoms with van der Waals surface area (Å²) in [7, 11) is 1.78. The molecule has 3 aromatic heterocycles. The van der Waals surface area contributed by atoms with Crippen molar-refractivity contribution in [2.24, 2.45) is 17.6 Å². The fraction of sp³-hybridized carbons (Fsp3) is 0.320. The van der Waals surface area contributed by atoms with Crippen LogP contribution in [0.5, 0.6) is 11.8 Å². The third-order valence-corrected chi connectivity index (χ3v) is 8.15. The Labute approximate surface area is 204 Å². The van der Waals surface area contributed by atoms with Gasteiger partial charge in [0.05, 0.1) is 32.3 Å². The SMILES string of the molecule is CNc1cc(F)cc2c1[nH]c1nc(Oc3ccc4ncsc4c3)nc(N3C[C@H]4CC(N)C[C@H]4C3)c12. The molecule has 1 aliphatic heterocycles. The number of hydrogen-bond donors (Lipinski definition) is 3. The number of anilines is 2. The lowest BCUT2D eigenvalue weighted by atomic mass is 10.0. The van der Waals surface area contributed by atoms with E-state index in [1.54, 1.807) is 24.5 Å². The van der Waals surface area contributed by atoms with Crippen molar-refractivity contribution in [1.29, 1.82) is 0 Å². The van der Waals surface area contributed by atoms with Crippen LogP contribution in [0, 0.1) is 17.7 Å². The lowest BCUT2D eigenvalue weighted by Crippen LogP contribution is -2.26. The minimum atomic E-state index is -0.309. The molecule has 4 N–H and O–H groups in total. The van der Waals surface area contributed by atoms with Gasteiger partial charge in [-0.15, -0.1) is 11.3 Å². The van der Waals surface area contributed by atoms with Crippen molar-refractivity contribution in [3.05, 3.63) is 41.7 Å². The maximum atomic E-state index is 14.5. The highest BCUT2D eigenvalue weighted by atomic mass is 32.1. The molecule has 4 heterocycles. The number of benzene rings is 2. The molecule has 0 amide bonds. The first-order valence-electron chi connectivity index (χ1n) is 11.8. The van der Waals surface area contributed by atoms with Gasteiger partial charge in [0.1, 0.15) is 23.0 Å². The van der Waals surface area contributed by atoms with E-state index in [4.69, 9.17) is 20.4 Å². The number of thiazole rings is 1. The molecular formula is C25H24FN7OS. The number of nitrogens with zero attached hydrogens (tertiary/aromatic N) is 4. The number of halogens is 1. The Bertz CT molecular complexity index is 1580. The third kappa shape index (κ3) is 3.39. The van der Waals surface area contributed by atoms with Gasteiger partial charge in [-0.2, -0.15) is 9.97 Å². The van der Waals surface area contributed by atoms with Crippen LogP contribution in [0.15, 0.2) is 35.8 Å². The van der Waals surface area contributed by atoms with Crippen molar-refractivity contribution in [3.8, 4) is 11.8 Å². The lowest BCUT2D eigenvalue weighted by molar-refractivity contribution is 0.444. The molecule has 2 aromatic carbocycles. The first-order valence-corrected chi connectivity index (χ1v) is 12.7. The van der Waals surface area contributed by atoms with Gasteiger partial charge in [0.15, 0.2) is 0 Å². The Morgan fingerprint density at radius 2 is 2.00 bits per heavy atom. The first-order chi connectivity index (χ1) is 17.1. The number of rotatable bonds is 4. The molecule has 1 unspecified atom stereocenters. The zero-order valence-electron chi connectivity index (χ0n) is 19.1. The van der Waals surface area contributed by atoms with Crippen molar-refractivity contribution >= 4 is 55.0 Å². The topological polar surface area (TPSA) is 105 Å². The maximum Gasteiger partial charge on any atom is 0.325 e. The van der Waals surface area contributed by atoms with E-state index in [9.17, 15) is 4.39 Å². The maximum absolute atomic E-state index is 14.5. The molecule has 0 spiro atoms. The van der Waals surface area contributed by atoms with Gasteiger partial charge in [0, 0.05) is 37.6 Å². The van der Waals surface area contributed by atoms with Gasteiger partial charge in [-0.25, -0.2) is 9.37 Å². The molecule has 5 aromatic rings. The van der Waals surface area contributed by atoms with Gasteiger partial charge in [0.25, 0.3) is 0 Å². The molecule has 35 heavy (non-hydrogen) atoms. The van der Waals surface area contributed by atoms with E-state index in [1.165, 1.54) is 6.07 Å². The second-order valence-corrected chi connectivity index (χ2v) is 10.4. The van der Waals surface area contributed by atoms with Gasteiger partial charge in [-0.1, -0.05) is 0 Å². The quantitative estimate of drug-likeness (QED) is 0.331. The number of nitrogens with one attached hydrogen (secondary N) is 2. The number of hydrogen-bond acceptors (Lipinski definition) is 8. The molecule has 0 radical (unpaired) electrons. The fourth-order valence-corrected chi connectivity index (χ4v) is 6.53. The van der Waals surface area contributed by atoms with Crippen LogP contribution < -0.4 is 20.7 Å². The van der Waals surface area contributed by atoms with E-state index in [1.807, 2.05) is 23.7 Å². The molecule has 178 valence electrons. The zero-order chi connectivity index (χ0) is 23.7. The normalized spacial score (nSPS) is 21.9. The molecule has 1 saturated carbocycles. The Balaban J connectivity index is 1.38. The van der Waals surface area contributed by atoms with Crippen LogP contribution in [0.2, 0.25) is 0 Å². The number of aromatic amines is 1. The molecule has 8 nitrogen and oxygen atoms in total. The second kappa shape index (κ2) is 7.76. The molecule has 1 aliphatic carbocycles. The summed E-state index contributed by atoms with van der Waals surface area (Å²) in [5, 5.41) is 4.65. The molecule has 0 bridgehead atoms. The summed E-state index contributed by atoms with van der Waals surface area (Å²) in [4.78, 5) is 19.6. The second-order valence-electron chi connectivity index (χ2n) is 9.54. The van der Waals surface area contributed by atoms with Gasteiger partial charge < -0.3 is 25.7 Å². The zero-order valence-corrected chi connectivity index (χ0v) is 19.9. The highest BCUT2D eigenvalue weighted by Gasteiger charge is 2.41. The molecule has 3 atom stereocenters. The molecule has 10 heteroatoms. The summed E-state index contributed by atoms with van der Waals surface area (Å²) in [6.45, 7) is 1.75. The van der Waals surface area contributed by atoms with Crippen LogP contribution in [0.1, 0.15) is 12.8 Å². The van der Waals surface area contributed by atoms with Crippen LogP contribution in [0.4, 0.5) is 15.9 Å². The Morgan fingerprint density at radius 3 is 2.80 bits per heavy atom. The summed E-state index contributed by atoms with van der Waals surface area (Å²) in [6, 6.07) is 9.30. The minimum Gasteiger partial charge on any atom is -0.424 e. The van der Waals surface area contributed by atoms with Crippen molar-refractivity contribution in [1.82, 2.24) is 19.9 Å². The Hall–Kier alpha value is -3.50. The molecule has 1 saturated heterocycles. The van der Waals surface area contributed by atoms with Crippen LogP contribution in [0.25, 0.3) is 32.2 Å². The average molecular weight is 490 g/mol. The van der Waals surface area contributed by atoms with Crippen LogP contribution in [-0.2, 0) is 0 Å². The average Bonchev–Trinajstić information content (AvgIpc) is 3.59. The monoisotopic (exact) mass is 489 g/mol. The van der Waals surface area contributed by atoms with Crippen LogP contribution in [0.3, 0.4) is 0 Å². The van der Waals surface area contributed by atoms with Crippen LogP contribution in [-0.4, -0.2) is 46.1 Å². The van der Waals surface area contributed by atoms with Gasteiger partial charge >= 0.3 is 6.01 Å². The van der Waals surface area contributed by atoms with Gasteiger partial charge in [-0.3, -0.25) is 0 Å². The third-order valence-electron chi connectivity index (χ3n) is 7.35. The van der Waals surface area contributed by atoms with E-state index in [-0.39, 0.29) is 17.9 Å². The minimum absolute atomic E-state index is 0.253. The first kappa shape index (κ1) is 20.8. The molecule has 2 aliphatic rings. The largest absolute Gasteiger partial charge is 0.424 e. The van der Waals surface area contributed by atoms with E-state index >= 15 is 0 Å². The van der Waals surface area contributed by atoms with Crippen molar-refractivity contribution in [2.45, 2.75) is 18.9 Å². The van der Waals surface area contributed by atoms with Crippen molar-refractivity contribution in [2.75, 3.05) is 30.4 Å². The Morgan fingerprint density at radius 1 is 1.17 bits per heavy atom. The molecule has 2 fully saturated rings. The van der Waals surface area contributed by atoms with Crippen molar-refractivity contribution in [3.63, 3.8) is 0 Å². The van der Waals surface area contributed by atoms with E-state index in [0.29, 0.717) is 28.9 Å². The van der Waals surface area contributed by atoms with E-state index < -0.39 is 0 Å². The molecule has 7 rings (SSSR count). The van der Waals surface area contributed by atoms with Gasteiger partial charge in [0.2, 0.25) is 0 Å². The summed E-state index contributed by atoms with van der Waals surface area (Å²) in [5.74, 6) is 2.20. The highest BCUT2D eigenvalue weighted by Crippen LogP contribution is 2.43. The highest BCUT2D eigenvalue weighted by molar-refractivity contribution is 7.16. The number of ether oxygens (including phenoxy) is 1. The summed E-state index contributed by atoms with van der Waals surface area (Å²) >= 11 is 1.56. The summed E-state index contributed by atoms with van der Waals surface area (Å²) in [5.41, 5.74) is 11.1. The predicted molar refractivity (Wildman–Crippen MR) is 137 cm³/mol. The fourth-order valence-electron chi connectivity index (χ4n) is 5.82. The van der Waals surface area contributed by atoms with Crippen molar-refractivity contribution < 1.29 is 9.13 Å². The smallest absolute Gasteiger partial charge is 0.325 e. The number of aromatic nitrogens is 4. The predicted octanol–water partition coefficient (Wildman–Crippen LogP) is 4.87. The number of H-pyrrole nitrogens is 1. The summed E-state index contributed by atoms with van der Waals surface area (Å²) in [6.07, 6.45) is 2.06. The molecular weight excluding hydrogens is 465 g/mol. The Kier molecular flexibility index (Phi) is 4.62. The lowest BCUT2D eigenvalue weighted by Gasteiger charge is -2.21. The standard InChI is InChI=1S/C25H24FN7OS/c1-28-19-7-14(26)6-17-21-23(30-22(17)19)31-25(34-16-2-3-18-20(8-16)35-11-29-18)32-24(21)33-9-12-4-15(27)5-13(12)10-33/h2-3,6-8,11-13,15,28H,4-5,9-10,27H2,1H3,(H,30,31,32)/t12-,13+,15?. The van der Waals surface area contributed by atoms with Gasteiger partial charge in [-0.05, 0) is 48.9 Å². The van der Waals surface area contributed by atoms with E-state index in [2.05, 4.69) is 20.2 Å².